The number of hydrogen-bond acceptors (Lipinski definition) is 4. The lowest BCUT2D eigenvalue weighted by molar-refractivity contribution is 0.279. The number of hydrogen-bond donors (Lipinski definition) is 2. The highest BCUT2D eigenvalue weighted by Crippen LogP contribution is 2.37. The monoisotopic (exact) mass is 377 g/mol. The van der Waals surface area contributed by atoms with E-state index in [1.807, 2.05) is 39.5 Å². The van der Waals surface area contributed by atoms with Crippen LogP contribution in [0.4, 0.5) is 0 Å². The van der Waals surface area contributed by atoms with Crippen molar-refractivity contribution in [1.29, 1.82) is 0 Å². The highest BCUT2D eigenvalue weighted by atomic mass is 16.2. The number of H-pyrrole nitrogens is 1. The maximum Gasteiger partial charge on any atom is 0.330 e. The molecule has 3 aromatic heterocycles. The quantitative estimate of drug-likeness (QED) is 0.484. The minimum Gasteiger partial charge on any atom is -0.396 e. The number of nitrogens with one attached hydrogen (secondary N) is 1. The Balaban J connectivity index is 1.69. The number of fused-ring (bicyclic) bond motifs is 2. The van der Waals surface area contributed by atoms with E-state index in [9.17, 15) is 9.90 Å². The van der Waals surface area contributed by atoms with Crippen LogP contribution in [-0.2, 0) is 0 Å². The molecule has 1 aromatic carbocycles. The van der Waals surface area contributed by atoms with E-state index in [2.05, 4.69) is 9.97 Å². The van der Waals surface area contributed by atoms with Crippen LogP contribution in [0.25, 0.3) is 22.1 Å². The molecule has 1 aliphatic carbocycles. The second-order valence-corrected chi connectivity index (χ2v) is 7.49. The van der Waals surface area contributed by atoms with Gasteiger partial charge in [-0.3, -0.25) is 14.1 Å². The van der Waals surface area contributed by atoms with Crippen molar-refractivity contribution in [1.82, 2.24) is 24.1 Å². The van der Waals surface area contributed by atoms with Crippen LogP contribution in [0.3, 0.4) is 0 Å². The topological polar surface area (TPSA) is 88.7 Å². The third-order valence-corrected chi connectivity index (χ3v) is 5.54. The van der Waals surface area contributed by atoms with Crippen LogP contribution in [0.2, 0.25) is 0 Å². The third-order valence-electron chi connectivity index (χ3n) is 5.54. The van der Waals surface area contributed by atoms with Gasteiger partial charge in [-0.2, -0.15) is 0 Å². The van der Waals surface area contributed by atoms with Crippen molar-refractivity contribution >= 4 is 22.1 Å². The van der Waals surface area contributed by atoms with Gasteiger partial charge in [0, 0.05) is 18.8 Å². The summed E-state index contributed by atoms with van der Waals surface area (Å²) in [5, 5.41) is 9.24. The standard InChI is InChI=1S/C21H23N5O2/c27-12-4-3-7-18(20-23-15-5-1-2-6-16(15)24-20)26-19-13-22-11-10-17(19)25(21(26)28)14-8-9-14/h1-2,5-6,10-11,13-14,18,27H,3-4,7-9,12H2,(H,23,24). The molecule has 2 N–H and O–H groups in total. The summed E-state index contributed by atoms with van der Waals surface area (Å²) < 4.78 is 3.76. The van der Waals surface area contributed by atoms with Gasteiger partial charge in [-0.25, -0.2) is 9.78 Å². The van der Waals surface area contributed by atoms with E-state index in [1.165, 1.54) is 0 Å². The number of aliphatic hydroxyl groups excluding tert-OH is 1. The number of benzene rings is 1. The van der Waals surface area contributed by atoms with Crippen molar-refractivity contribution < 1.29 is 5.11 Å². The molecule has 1 fully saturated rings. The van der Waals surface area contributed by atoms with E-state index in [0.29, 0.717) is 6.42 Å². The number of aromatic amines is 1. The second kappa shape index (κ2) is 6.91. The Morgan fingerprint density at radius 2 is 2.04 bits per heavy atom. The lowest BCUT2D eigenvalue weighted by Crippen LogP contribution is -2.28. The summed E-state index contributed by atoms with van der Waals surface area (Å²) in [6.45, 7) is 0.146. The second-order valence-electron chi connectivity index (χ2n) is 7.49. The summed E-state index contributed by atoms with van der Waals surface area (Å²) in [5.74, 6) is 0.778. The molecule has 0 aliphatic heterocycles. The number of imidazole rings is 2. The normalized spacial score (nSPS) is 15.5. The molecular formula is C21H23N5O2. The van der Waals surface area contributed by atoms with Gasteiger partial charge in [0.1, 0.15) is 5.82 Å². The van der Waals surface area contributed by atoms with E-state index in [0.717, 1.165) is 53.6 Å². The fourth-order valence-corrected chi connectivity index (χ4v) is 4.05. The summed E-state index contributed by atoms with van der Waals surface area (Å²) in [6, 6.07) is 9.88. The number of aromatic nitrogens is 5. The highest BCUT2D eigenvalue weighted by molar-refractivity contribution is 5.76. The SMILES string of the molecule is O=c1n(C2CC2)c2ccncc2n1C(CCCCO)c1nc2ccccc2[nH]1. The van der Waals surface area contributed by atoms with Gasteiger partial charge in [0.05, 0.1) is 34.3 Å². The zero-order valence-electron chi connectivity index (χ0n) is 15.6. The first-order valence-corrected chi connectivity index (χ1v) is 9.90. The number of para-hydroxylation sites is 2. The molecule has 0 radical (unpaired) electrons. The Morgan fingerprint density at radius 3 is 2.82 bits per heavy atom. The van der Waals surface area contributed by atoms with Crippen molar-refractivity contribution in [2.24, 2.45) is 0 Å². The molecule has 0 spiro atoms. The predicted molar refractivity (Wildman–Crippen MR) is 107 cm³/mol. The smallest absolute Gasteiger partial charge is 0.330 e. The molecule has 0 saturated heterocycles. The predicted octanol–water partition coefficient (Wildman–Crippen LogP) is 3.16. The van der Waals surface area contributed by atoms with Crippen molar-refractivity contribution in [3.8, 4) is 0 Å². The van der Waals surface area contributed by atoms with Crippen LogP contribution < -0.4 is 5.69 Å². The van der Waals surface area contributed by atoms with Gasteiger partial charge in [-0.15, -0.1) is 0 Å². The fraction of sp³-hybridized carbons (Fsp3) is 0.381. The average molecular weight is 377 g/mol. The molecule has 3 heterocycles. The summed E-state index contributed by atoms with van der Waals surface area (Å²) >= 11 is 0. The van der Waals surface area contributed by atoms with Gasteiger partial charge in [0.15, 0.2) is 0 Å². The van der Waals surface area contributed by atoms with Crippen LogP contribution in [-0.4, -0.2) is 35.8 Å². The van der Waals surface area contributed by atoms with E-state index in [4.69, 9.17) is 4.98 Å². The van der Waals surface area contributed by atoms with Crippen molar-refractivity contribution in [2.75, 3.05) is 6.61 Å². The molecule has 7 nitrogen and oxygen atoms in total. The molecule has 1 saturated carbocycles. The zero-order valence-corrected chi connectivity index (χ0v) is 15.6. The molecule has 1 aliphatic rings. The number of pyridine rings is 1. The Hall–Kier alpha value is -2.93. The summed E-state index contributed by atoms with van der Waals surface area (Å²) in [6.07, 6.45) is 7.83. The van der Waals surface area contributed by atoms with E-state index in [1.54, 1.807) is 12.4 Å². The minimum absolute atomic E-state index is 0.0000420. The number of nitrogens with zero attached hydrogens (tertiary/aromatic N) is 4. The first-order chi connectivity index (χ1) is 13.8. The largest absolute Gasteiger partial charge is 0.396 e. The third kappa shape index (κ3) is 2.82. The van der Waals surface area contributed by atoms with Gasteiger partial charge < -0.3 is 10.1 Å². The first kappa shape index (κ1) is 17.2. The van der Waals surface area contributed by atoms with Crippen molar-refractivity contribution in [2.45, 2.75) is 44.2 Å². The fourth-order valence-electron chi connectivity index (χ4n) is 4.05. The van der Waals surface area contributed by atoms with Gasteiger partial charge >= 0.3 is 5.69 Å². The molecular weight excluding hydrogens is 354 g/mol. The molecule has 0 amide bonds. The maximum absolute atomic E-state index is 13.4. The molecule has 5 rings (SSSR count). The zero-order chi connectivity index (χ0) is 19.1. The molecule has 7 heteroatoms. The number of unbranched alkanes of at least 4 members (excludes halogenated alkanes) is 1. The Labute approximate surface area is 161 Å². The maximum atomic E-state index is 13.4. The highest BCUT2D eigenvalue weighted by Gasteiger charge is 2.31. The molecule has 28 heavy (non-hydrogen) atoms. The van der Waals surface area contributed by atoms with Gasteiger partial charge in [-0.1, -0.05) is 12.1 Å². The molecule has 1 unspecified atom stereocenters. The van der Waals surface area contributed by atoms with Gasteiger partial charge in [0.25, 0.3) is 0 Å². The van der Waals surface area contributed by atoms with E-state index in [-0.39, 0.29) is 24.4 Å². The molecule has 0 bridgehead atoms. The molecule has 1 atom stereocenters. The van der Waals surface area contributed by atoms with E-state index >= 15 is 0 Å². The Kier molecular flexibility index (Phi) is 4.24. The number of rotatable bonds is 7. The Bertz CT molecular complexity index is 1150. The van der Waals surface area contributed by atoms with Gasteiger partial charge in [-0.05, 0) is 50.3 Å². The summed E-state index contributed by atoms with van der Waals surface area (Å²) in [7, 11) is 0. The van der Waals surface area contributed by atoms with Crippen molar-refractivity contribution in [3.05, 3.63) is 59.0 Å². The van der Waals surface area contributed by atoms with Crippen LogP contribution in [0, 0.1) is 0 Å². The number of aliphatic hydroxyl groups is 1. The average Bonchev–Trinajstić information content (AvgIpc) is 3.38. The Morgan fingerprint density at radius 1 is 1.18 bits per heavy atom. The summed E-state index contributed by atoms with van der Waals surface area (Å²) in [4.78, 5) is 25.9. The van der Waals surface area contributed by atoms with Crippen LogP contribution in [0.5, 0.6) is 0 Å². The molecule has 144 valence electrons. The van der Waals surface area contributed by atoms with E-state index < -0.39 is 0 Å². The van der Waals surface area contributed by atoms with Crippen molar-refractivity contribution in [3.63, 3.8) is 0 Å². The van der Waals surface area contributed by atoms with Crippen LogP contribution >= 0.6 is 0 Å². The molecule has 4 aromatic rings. The minimum atomic E-state index is -0.224. The van der Waals surface area contributed by atoms with Crippen LogP contribution in [0.1, 0.15) is 50.0 Å². The lowest BCUT2D eigenvalue weighted by atomic mass is 10.1. The summed E-state index contributed by atoms with van der Waals surface area (Å²) in [5.41, 5.74) is 3.63. The van der Waals surface area contributed by atoms with Gasteiger partial charge in [0.2, 0.25) is 0 Å². The lowest BCUT2D eigenvalue weighted by Gasteiger charge is -2.16. The van der Waals surface area contributed by atoms with Crippen LogP contribution in [0.15, 0.2) is 47.5 Å². The first-order valence-electron chi connectivity index (χ1n) is 9.90.